The summed E-state index contributed by atoms with van der Waals surface area (Å²) in [6.07, 6.45) is 3.76. The number of piperidine rings is 1. The Kier molecular flexibility index (Phi) is 3.91. The molecule has 1 aliphatic heterocycles. The van der Waals surface area contributed by atoms with Gasteiger partial charge in [-0.05, 0) is 37.0 Å². The lowest BCUT2D eigenvalue weighted by atomic mass is 9.96. The Bertz CT molecular complexity index is 645. The normalized spacial score (nSPS) is 15.0. The molecule has 2 aromatic rings. The summed E-state index contributed by atoms with van der Waals surface area (Å²) < 4.78 is 0. The van der Waals surface area contributed by atoms with Crippen molar-refractivity contribution < 1.29 is 4.79 Å². The van der Waals surface area contributed by atoms with Gasteiger partial charge in [0.25, 0.3) is 0 Å². The summed E-state index contributed by atoms with van der Waals surface area (Å²) >= 11 is 0. The molecule has 2 aromatic carbocycles. The number of hydrogen-bond donors (Lipinski definition) is 1. The van der Waals surface area contributed by atoms with Gasteiger partial charge in [-0.1, -0.05) is 36.4 Å². The second-order valence-corrected chi connectivity index (χ2v) is 5.47. The van der Waals surface area contributed by atoms with Gasteiger partial charge in [-0.25, -0.2) is 0 Å². The minimum atomic E-state index is -0.376. The SMILES string of the molecule is NC(=O)c1ccccc1-c1ccccc1N1CCCCC1. The lowest BCUT2D eigenvalue weighted by molar-refractivity contribution is 0.100. The van der Waals surface area contributed by atoms with Crippen LogP contribution in [0.4, 0.5) is 5.69 Å². The fraction of sp³-hybridized carbons (Fsp3) is 0.278. The Hall–Kier alpha value is -2.29. The van der Waals surface area contributed by atoms with Gasteiger partial charge in [0.2, 0.25) is 5.91 Å². The first-order valence-corrected chi connectivity index (χ1v) is 7.50. The summed E-state index contributed by atoms with van der Waals surface area (Å²) in [4.78, 5) is 14.1. The highest BCUT2D eigenvalue weighted by molar-refractivity contribution is 6.01. The monoisotopic (exact) mass is 280 g/mol. The summed E-state index contributed by atoms with van der Waals surface area (Å²) in [7, 11) is 0. The highest BCUT2D eigenvalue weighted by Gasteiger charge is 2.17. The molecule has 0 bridgehead atoms. The number of benzene rings is 2. The smallest absolute Gasteiger partial charge is 0.249 e. The first kappa shape index (κ1) is 13.7. The quantitative estimate of drug-likeness (QED) is 0.936. The van der Waals surface area contributed by atoms with Crippen molar-refractivity contribution in [3.63, 3.8) is 0 Å². The van der Waals surface area contributed by atoms with Gasteiger partial charge in [-0.2, -0.15) is 0 Å². The van der Waals surface area contributed by atoms with Crippen LogP contribution in [0.2, 0.25) is 0 Å². The second kappa shape index (κ2) is 6.00. The van der Waals surface area contributed by atoms with E-state index in [-0.39, 0.29) is 5.91 Å². The summed E-state index contributed by atoms with van der Waals surface area (Å²) in [6, 6.07) is 15.9. The highest BCUT2D eigenvalue weighted by Crippen LogP contribution is 2.34. The van der Waals surface area contributed by atoms with Crippen LogP contribution in [-0.2, 0) is 0 Å². The molecular formula is C18H20N2O. The van der Waals surface area contributed by atoms with E-state index in [4.69, 9.17) is 5.73 Å². The molecule has 108 valence electrons. The number of carbonyl (C=O) groups is 1. The van der Waals surface area contributed by atoms with E-state index < -0.39 is 0 Å². The number of rotatable bonds is 3. The largest absolute Gasteiger partial charge is 0.371 e. The Balaban J connectivity index is 2.09. The molecular weight excluding hydrogens is 260 g/mol. The summed E-state index contributed by atoms with van der Waals surface area (Å²) in [5, 5.41) is 0. The van der Waals surface area contributed by atoms with Crippen LogP contribution in [-0.4, -0.2) is 19.0 Å². The van der Waals surface area contributed by atoms with Crippen molar-refractivity contribution in [1.82, 2.24) is 0 Å². The van der Waals surface area contributed by atoms with Crippen LogP contribution in [0.25, 0.3) is 11.1 Å². The molecule has 0 aliphatic carbocycles. The molecule has 3 rings (SSSR count). The molecule has 3 heteroatoms. The molecule has 0 unspecified atom stereocenters. The number of carbonyl (C=O) groups excluding carboxylic acids is 1. The van der Waals surface area contributed by atoms with Gasteiger partial charge < -0.3 is 10.6 Å². The average molecular weight is 280 g/mol. The lowest BCUT2D eigenvalue weighted by Gasteiger charge is -2.31. The van der Waals surface area contributed by atoms with E-state index in [0.29, 0.717) is 5.56 Å². The molecule has 3 nitrogen and oxygen atoms in total. The third-order valence-electron chi connectivity index (χ3n) is 4.08. The van der Waals surface area contributed by atoms with Gasteiger partial charge in [0.05, 0.1) is 0 Å². The predicted molar refractivity (Wildman–Crippen MR) is 86.5 cm³/mol. The van der Waals surface area contributed by atoms with Crippen molar-refractivity contribution >= 4 is 11.6 Å². The summed E-state index contributed by atoms with van der Waals surface area (Å²) in [6.45, 7) is 2.16. The zero-order valence-electron chi connectivity index (χ0n) is 12.1. The van der Waals surface area contributed by atoms with E-state index in [1.54, 1.807) is 6.07 Å². The molecule has 0 spiro atoms. The summed E-state index contributed by atoms with van der Waals surface area (Å²) in [5.41, 5.74) is 9.33. The Morgan fingerprint density at radius 3 is 2.19 bits per heavy atom. The van der Waals surface area contributed by atoms with Crippen LogP contribution < -0.4 is 10.6 Å². The number of hydrogen-bond acceptors (Lipinski definition) is 2. The van der Waals surface area contributed by atoms with Gasteiger partial charge in [0, 0.05) is 29.9 Å². The second-order valence-electron chi connectivity index (χ2n) is 5.47. The van der Waals surface area contributed by atoms with Crippen LogP contribution in [0.1, 0.15) is 29.6 Å². The molecule has 0 aromatic heterocycles. The lowest BCUT2D eigenvalue weighted by Crippen LogP contribution is -2.29. The Morgan fingerprint density at radius 1 is 0.857 bits per heavy atom. The zero-order chi connectivity index (χ0) is 14.7. The minimum Gasteiger partial charge on any atom is -0.371 e. The zero-order valence-corrected chi connectivity index (χ0v) is 12.1. The van der Waals surface area contributed by atoms with Crippen LogP contribution >= 0.6 is 0 Å². The first-order valence-electron chi connectivity index (χ1n) is 7.50. The van der Waals surface area contributed by atoms with Gasteiger partial charge in [0.1, 0.15) is 0 Å². The van der Waals surface area contributed by atoms with Crippen molar-refractivity contribution in [3.05, 3.63) is 54.1 Å². The van der Waals surface area contributed by atoms with Gasteiger partial charge in [0.15, 0.2) is 0 Å². The number of primary amides is 1. The number of nitrogens with zero attached hydrogens (tertiary/aromatic N) is 1. The van der Waals surface area contributed by atoms with Gasteiger partial charge in [-0.15, -0.1) is 0 Å². The number of nitrogens with two attached hydrogens (primary N) is 1. The number of anilines is 1. The Labute approximate surface area is 125 Å². The third-order valence-corrected chi connectivity index (χ3v) is 4.08. The van der Waals surface area contributed by atoms with Crippen molar-refractivity contribution in [2.45, 2.75) is 19.3 Å². The van der Waals surface area contributed by atoms with E-state index in [9.17, 15) is 4.79 Å². The standard InChI is InChI=1S/C18H20N2O/c19-18(21)16-10-3-2-8-14(16)15-9-4-5-11-17(15)20-12-6-1-7-13-20/h2-5,8-11H,1,6-7,12-13H2,(H2,19,21). The molecule has 2 N–H and O–H groups in total. The maximum absolute atomic E-state index is 11.7. The number of para-hydroxylation sites is 1. The predicted octanol–water partition coefficient (Wildman–Crippen LogP) is 3.44. The fourth-order valence-corrected chi connectivity index (χ4v) is 3.04. The molecule has 0 saturated carbocycles. The molecule has 1 aliphatic rings. The van der Waals surface area contributed by atoms with Crippen molar-refractivity contribution in [2.24, 2.45) is 5.73 Å². The van der Waals surface area contributed by atoms with Crippen LogP contribution in [0.15, 0.2) is 48.5 Å². The van der Waals surface area contributed by atoms with E-state index in [1.165, 1.54) is 24.9 Å². The van der Waals surface area contributed by atoms with E-state index in [2.05, 4.69) is 23.1 Å². The average Bonchev–Trinajstić information content (AvgIpc) is 2.55. The van der Waals surface area contributed by atoms with E-state index >= 15 is 0 Å². The van der Waals surface area contributed by atoms with Crippen LogP contribution in [0.5, 0.6) is 0 Å². The van der Waals surface area contributed by atoms with Crippen LogP contribution in [0, 0.1) is 0 Å². The van der Waals surface area contributed by atoms with Crippen molar-refractivity contribution in [1.29, 1.82) is 0 Å². The van der Waals surface area contributed by atoms with Crippen LogP contribution in [0.3, 0.4) is 0 Å². The molecule has 1 saturated heterocycles. The molecule has 1 heterocycles. The first-order chi connectivity index (χ1) is 10.3. The van der Waals surface area contributed by atoms with Gasteiger partial charge in [-0.3, -0.25) is 4.79 Å². The maximum atomic E-state index is 11.7. The molecule has 1 fully saturated rings. The third kappa shape index (κ3) is 2.77. The van der Waals surface area contributed by atoms with E-state index in [0.717, 1.165) is 24.2 Å². The number of amides is 1. The Morgan fingerprint density at radius 2 is 1.48 bits per heavy atom. The fourth-order valence-electron chi connectivity index (χ4n) is 3.04. The topological polar surface area (TPSA) is 46.3 Å². The highest BCUT2D eigenvalue weighted by atomic mass is 16.1. The molecule has 0 atom stereocenters. The minimum absolute atomic E-state index is 0.376. The van der Waals surface area contributed by atoms with Crippen molar-refractivity contribution in [2.75, 3.05) is 18.0 Å². The molecule has 21 heavy (non-hydrogen) atoms. The summed E-state index contributed by atoms with van der Waals surface area (Å²) in [5.74, 6) is -0.376. The maximum Gasteiger partial charge on any atom is 0.249 e. The molecule has 0 radical (unpaired) electrons. The van der Waals surface area contributed by atoms with Gasteiger partial charge >= 0.3 is 0 Å². The van der Waals surface area contributed by atoms with E-state index in [1.807, 2.05) is 24.3 Å². The molecule has 1 amide bonds. The van der Waals surface area contributed by atoms with Crippen molar-refractivity contribution in [3.8, 4) is 11.1 Å².